The van der Waals surface area contributed by atoms with E-state index in [2.05, 4.69) is 149 Å². The molecule has 50 heavy (non-hydrogen) atoms. The number of aryl methyl sites for hydroxylation is 1. The van der Waals surface area contributed by atoms with Gasteiger partial charge < -0.3 is 0 Å². The van der Waals surface area contributed by atoms with E-state index < -0.39 is 0 Å². The lowest BCUT2D eigenvalue weighted by Gasteiger charge is -2.26. The normalized spacial score (nSPS) is 20.2. The van der Waals surface area contributed by atoms with E-state index in [9.17, 15) is 0 Å². The molecule has 1 heterocycles. The molecule has 0 fully saturated rings. The zero-order valence-corrected chi connectivity index (χ0v) is 31.3. The van der Waals surface area contributed by atoms with Gasteiger partial charge in [0.05, 0.1) is 0 Å². The molecule has 1 aromatic carbocycles. The van der Waals surface area contributed by atoms with Crippen molar-refractivity contribution in [2.75, 3.05) is 0 Å². The topological polar surface area (TPSA) is 12.9 Å². The van der Waals surface area contributed by atoms with Crippen LogP contribution in [0.5, 0.6) is 0 Å². The summed E-state index contributed by atoms with van der Waals surface area (Å²) in [6.45, 7) is 15.8. The molecule has 0 spiro atoms. The van der Waals surface area contributed by atoms with Crippen molar-refractivity contribution in [2.45, 2.75) is 98.8 Å². The largest absolute Gasteiger partial charge is 0.265 e. The van der Waals surface area contributed by atoms with Crippen molar-refractivity contribution in [3.63, 3.8) is 0 Å². The van der Waals surface area contributed by atoms with E-state index in [0.29, 0.717) is 5.92 Å². The van der Waals surface area contributed by atoms with Crippen molar-refractivity contribution in [1.82, 2.24) is 4.98 Å². The van der Waals surface area contributed by atoms with E-state index in [0.717, 1.165) is 51.4 Å². The van der Waals surface area contributed by atoms with Gasteiger partial charge in [-0.05, 0) is 157 Å². The SMILES string of the molecule is C=C1CCC=C(C(/C=C(/C)CC)=C/C=C(\C)c2ccncc2)/C1=C/C=C\CC(C)C1=C(/C(=C2/C=CCCC2)c2ccc(CC)cc2)C=CCC1. The first-order valence-electron chi connectivity index (χ1n) is 19.0. The molecular weight excluding hydrogens is 603 g/mol. The predicted octanol–water partition coefficient (Wildman–Crippen LogP) is 14.0. The number of benzene rings is 1. The van der Waals surface area contributed by atoms with Crippen LogP contribution in [-0.2, 0) is 6.42 Å². The molecule has 258 valence electrons. The van der Waals surface area contributed by atoms with Crippen LogP contribution >= 0.6 is 0 Å². The number of allylic oxidation sites excluding steroid dienone is 21. The maximum atomic E-state index is 4.53. The summed E-state index contributed by atoms with van der Waals surface area (Å²) in [5.74, 6) is 0.458. The predicted molar refractivity (Wildman–Crippen MR) is 219 cm³/mol. The molecule has 0 bridgehead atoms. The molecule has 0 saturated heterocycles. The fraction of sp³-hybridized carbons (Fsp3) is 0.327. The van der Waals surface area contributed by atoms with Crippen LogP contribution in [0.1, 0.15) is 109 Å². The summed E-state index contributed by atoms with van der Waals surface area (Å²) in [7, 11) is 0. The van der Waals surface area contributed by atoms with Crippen LogP contribution in [0, 0.1) is 5.92 Å². The van der Waals surface area contributed by atoms with Gasteiger partial charge in [-0.1, -0.05) is 130 Å². The van der Waals surface area contributed by atoms with E-state index in [4.69, 9.17) is 0 Å². The lowest BCUT2D eigenvalue weighted by atomic mass is 9.79. The fourth-order valence-corrected chi connectivity index (χ4v) is 7.19. The van der Waals surface area contributed by atoms with Gasteiger partial charge >= 0.3 is 0 Å². The lowest BCUT2D eigenvalue weighted by molar-refractivity contribution is 0.648. The average molecular weight is 660 g/mol. The maximum Gasteiger partial charge on any atom is 0.0273 e. The molecule has 2 aromatic rings. The molecule has 3 aliphatic carbocycles. The minimum atomic E-state index is 0.458. The Bertz CT molecular complexity index is 1820. The first-order chi connectivity index (χ1) is 24.4. The summed E-state index contributed by atoms with van der Waals surface area (Å²) in [6.07, 6.45) is 40.5. The fourth-order valence-electron chi connectivity index (χ4n) is 7.19. The first-order valence-corrected chi connectivity index (χ1v) is 19.0. The summed E-state index contributed by atoms with van der Waals surface area (Å²) in [6, 6.07) is 13.5. The minimum Gasteiger partial charge on any atom is -0.265 e. The van der Waals surface area contributed by atoms with Gasteiger partial charge in [-0.3, -0.25) is 4.98 Å². The van der Waals surface area contributed by atoms with Crippen molar-refractivity contribution in [1.29, 1.82) is 0 Å². The smallest absolute Gasteiger partial charge is 0.0273 e. The zero-order chi connectivity index (χ0) is 35.3. The quantitative estimate of drug-likeness (QED) is 0.207. The molecule has 0 N–H and O–H groups in total. The van der Waals surface area contributed by atoms with Gasteiger partial charge in [0, 0.05) is 12.4 Å². The van der Waals surface area contributed by atoms with Crippen LogP contribution in [0.15, 0.2) is 167 Å². The minimum absolute atomic E-state index is 0.458. The molecule has 0 radical (unpaired) electrons. The Morgan fingerprint density at radius 2 is 1.66 bits per heavy atom. The number of pyridine rings is 1. The van der Waals surface area contributed by atoms with E-state index in [1.165, 1.54) is 79.7 Å². The van der Waals surface area contributed by atoms with Gasteiger partial charge in [-0.25, -0.2) is 0 Å². The molecule has 5 rings (SSSR count). The highest BCUT2D eigenvalue weighted by molar-refractivity contribution is 5.87. The number of rotatable bonds is 12. The second-order valence-corrected chi connectivity index (χ2v) is 14.1. The molecule has 1 aromatic heterocycles. The molecule has 1 atom stereocenters. The summed E-state index contributed by atoms with van der Waals surface area (Å²) in [5.41, 5.74) is 17.5. The Morgan fingerprint density at radius 3 is 2.38 bits per heavy atom. The Balaban J connectivity index is 1.43. The third-order valence-electron chi connectivity index (χ3n) is 10.5. The molecule has 0 aliphatic heterocycles. The van der Waals surface area contributed by atoms with Crippen molar-refractivity contribution < 1.29 is 0 Å². The highest BCUT2D eigenvalue weighted by atomic mass is 14.6. The number of hydrogen-bond acceptors (Lipinski definition) is 1. The molecule has 0 amide bonds. The van der Waals surface area contributed by atoms with Gasteiger partial charge in [0.1, 0.15) is 0 Å². The maximum absolute atomic E-state index is 4.53. The molecule has 0 saturated carbocycles. The zero-order valence-electron chi connectivity index (χ0n) is 31.3. The van der Waals surface area contributed by atoms with Crippen molar-refractivity contribution in [2.24, 2.45) is 5.92 Å². The average Bonchev–Trinajstić information content (AvgIpc) is 3.16. The molecule has 1 unspecified atom stereocenters. The molecule has 1 nitrogen and oxygen atoms in total. The second-order valence-electron chi connectivity index (χ2n) is 14.1. The van der Waals surface area contributed by atoms with Gasteiger partial charge in [0.15, 0.2) is 0 Å². The summed E-state index contributed by atoms with van der Waals surface area (Å²) >= 11 is 0. The lowest BCUT2D eigenvalue weighted by Crippen LogP contribution is -2.08. The number of aromatic nitrogens is 1. The molecule has 3 aliphatic rings. The number of nitrogens with zero attached hydrogens (tertiary/aromatic N) is 1. The second kappa shape index (κ2) is 18.5. The van der Waals surface area contributed by atoms with Crippen LogP contribution in [0.3, 0.4) is 0 Å². The third kappa shape index (κ3) is 9.60. The molecular formula is C49H57N. The highest BCUT2D eigenvalue weighted by Crippen LogP contribution is 2.40. The molecule has 1 heteroatoms. The van der Waals surface area contributed by atoms with Crippen LogP contribution in [0.25, 0.3) is 11.1 Å². The van der Waals surface area contributed by atoms with E-state index in [1.807, 2.05) is 12.4 Å². The van der Waals surface area contributed by atoms with Crippen LogP contribution < -0.4 is 0 Å². The van der Waals surface area contributed by atoms with Crippen molar-refractivity contribution in [3.8, 4) is 0 Å². The Kier molecular flexibility index (Phi) is 13.6. The van der Waals surface area contributed by atoms with Gasteiger partial charge in [-0.2, -0.15) is 0 Å². The monoisotopic (exact) mass is 659 g/mol. The first kappa shape index (κ1) is 36.8. The van der Waals surface area contributed by atoms with Crippen LogP contribution in [0.4, 0.5) is 0 Å². The van der Waals surface area contributed by atoms with Gasteiger partial charge in [0.2, 0.25) is 0 Å². The van der Waals surface area contributed by atoms with Crippen molar-refractivity contribution >= 4 is 11.1 Å². The number of hydrogen-bond donors (Lipinski definition) is 0. The van der Waals surface area contributed by atoms with E-state index in [1.54, 1.807) is 5.57 Å². The van der Waals surface area contributed by atoms with Crippen LogP contribution in [0.2, 0.25) is 0 Å². The van der Waals surface area contributed by atoms with Gasteiger partial charge in [-0.15, -0.1) is 0 Å². The van der Waals surface area contributed by atoms with Crippen molar-refractivity contribution in [3.05, 3.63) is 183 Å². The standard InChI is InChI=1S/C49H57N/c1-7-36(3)35-44(28-25-37(4)41-31-33-50-34-32-41)47-24-16-18-39(6)45(47)21-13-12-17-38(5)46-22-14-15-23-48(46)49(42-19-10-9-11-20-42)43-29-26-40(8-2)27-30-43/h10,12-13,15,19,21,23-35,38H,6-9,11,14,16-18,20,22H2,1-5H3/b13-12-,36-35-,37-25+,44-28+,45-21+,49-42-. The van der Waals surface area contributed by atoms with E-state index >= 15 is 0 Å². The Labute approximate surface area is 303 Å². The Morgan fingerprint density at radius 1 is 0.880 bits per heavy atom. The van der Waals surface area contributed by atoms with E-state index in [-0.39, 0.29) is 0 Å². The highest BCUT2D eigenvalue weighted by Gasteiger charge is 2.21. The Hall–Kier alpha value is -4.49. The third-order valence-corrected chi connectivity index (χ3v) is 10.5. The van der Waals surface area contributed by atoms with Crippen LogP contribution in [-0.4, -0.2) is 4.98 Å². The summed E-state index contributed by atoms with van der Waals surface area (Å²) < 4.78 is 0. The summed E-state index contributed by atoms with van der Waals surface area (Å²) in [4.78, 5) is 4.19. The van der Waals surface area contributed by atoms with Gasteiger partial charge in [0.25, 0.3) is 0 Å². The summed E-state index contributed by atoms with van der Waals surface area (Å²) in [5, 5.41) is 0.